The van der Waals surface area contributed by atoms with Crippen LogP contribution in [0.15, 0.2) is 65.8 Å². The Morgan fingerprint density at radius 2 is 1.95 bits per heavy atom. The van der Waals surface area contributed by atoms with Crippen LogP contribution in [0.2, 0.25) is 5.02 Å². The molecule has 3 aliphatic rings. The first kappa shape index (κ1) is 24.6. The van der Waals surface area contributed by atoms with E-state index in [1.54, 1.807) is 12.3 Å². The van der Waals surface area contributed by atoms with Crippen molar-refractivity contribution in [3.05, 3.63) is 76.9 Å². The number of nitrogens with one attached hydrogen (secondary N) is 2. The van der Waals surface area contributed by atoms with Crippen LogP contribution in [0.1, 0.15) is 56.6 Å². The van der Waals surface area contributed by atoms with Crippen molar-refractivity contribution in [3.8, 4) is 11.1 Å². The van der Waals surface area contributed by atoms with Gasteiger partial charge in [0.25, 0.3) is 5.91 Å². The Labute approximate surface area is 227 Å². The third kappa shape index (κ3) is 4.56. The zero-order valence-electron chi connectivity index (χ0n) is 21.5. The Morgan fingerprint density at radius 3 is 2.71 bits per heavy atom. The molecular weight excluding hydrogens is 498 g/mol. The Bertz CT molecular complexity index is 1470. The predicted molar refractivity (Wildman–Crippen MR) is 151 cm³/mol. The number of nitrogens with zero attached hydrogens (tertiary/aromatic N) is 3. The average molecular weight is 528 g/mol. The lowest BCUT2D eigenvalue weighted by Crippen LogP contribution is -2.53. The molecule has 8 heteroatoms. The van der Waals surface area contributed by atoms with Crippen molar-refractivity contribution in [2.45, 2.75) is 57.0 Å². The van der Waals surface area contributed by atoms with Crippen LogP contribution in [0.25, 0.3) is 11.1 Å². The molecule has 2 atom stereocenters. The van der Waals surface area contributed by atoms with Crippen molar-refractivity contribution in [2.24, 2.45) is 4.99 Å². The third-order valence-electron chi connectivity index (χ3n) is 7.79. The number of aliphatic imine (C=N–C) groups is 1. The monoisotopic (exact) mass is 527 g/mol. The maximum Gasteiger partial charge on any atom is 0.253 e. The van der Waals surface area contributed by atoms with Gasteiger partial charge in [0.05, 0.1) is 5.02 Å². The number of anilines is 2. The van der Waals surface area contributed by atoms with Crippen molar-refractivity contribution < 1.29 is 9.59 Å². The van der Waals surface area contributed by atoms with Gasteiger partial charge in [-0.1, -0.05) is 48.0 Å². The lowest BCUT2D eigenvalue weighted by Gasteiger charge is -2.42. The molecule has 2 fully saturated rings. The zero-order chi connectivity index (χ0) is 26.4. The van der Waals surface area contributed by atoms with Crippen molar-refractivity contribution in [1.82, 2.24) is 10.3 Å². The fourth-order valence-corrected chi connectivity index (χ4v) is 6.00. The number of carbonyl (C=O) groups excluding carboxylic acids is 2. The molecule has 6 rings (SSSR count). The lowest BCUT2D eigenvalue weighted by molar-refractivity contribution is -0.124. The van der Waals surface area contributed by atoms with E-state index >= 15 is 0 Å². The number of rotatable bonds is 5. The molecule has 194 valence electrons. The summed E-state index contributed by atoms with van der Waals surface area (Å²) < 4.78 is 0. The fraction of sp³-hybridized carbons (Fsp3) is 0.333. The predicted octanol–water partition coefficient (Wildman–Crippen LogP) is 5.54. The van der Waals surface area contributed by atoms with E-state index in [0.717, 1.165) is 28.2 Å². The molecule has 2 aromatic carbocycles. The molecule has 1 spiro atoms. The van der Waals surface area contributed by atoms with Crippen LogP contribution < -0.4 is 15.5 Å². The summed E-state index contributed by atoms with van der Waals surface area (Å²) in [6.07, 6.45) is 5.24. The molecule has 0 radical (unpaired) electrons. The highest BCUT2D eigenvalue weighted by molar-refractivity contribution is 6.33. The highest BCUT2D eigenvalue weighted by Crippen LogP contribution is 2.43. The number of pyridine rings is 1. The minimum atomic E-state index is -0.735. The molecule has 2 aliphatic heterocycles. The average Bonchev–Trinajstić information content (AvgIpc) is 3.70. The first-order valence-electron chi connectivity index (χ1n) is 13.1. The van der Waals surface area contributed by atoms with Crippen molar-refractivity contribution >= 4 is 40.8 Å². The van der Waals surface area contributed by atoms with E-state index < -0.39 is 5.54 Å². The van der Waals surface area contributed by atoms with Crippen molar-refractivity contribution in [2.75, 3.05) is 16.8 Å². The van der Waals surface area contributed by atoms with Crippen LogP contribution in [-0.2, 0) is 9.59 Å². The molecule has 38 heavy (non-hydrogen) atoms. The molecule has 0 bridgehead atoms. The van der Waals surface area contributed by atoms with Gasteiger partial charge in [0, 0.05) is 48.9 Å². The van der Waals surface area contributed by atoms with E-state index in [1.165, 1.54) is 25.3 Å². The molecule has 1 aromatic heterocycles. The number of aromatic nitrogens is 1. The van der Waals surface area contributed by atoms with Crippen LogP contribution in [-0.4, -0.2) is 40.8 Å². The molecule has 1 saturated heterocycles. The number of amidine groups is 1. The molecule has 3 aromatic rings. The number of hydrogen-bond donors (Lipinski definition) is 2. The minimum Gasteiger partial charge on any atom is -0.369 e. The number of piperidine rings is 1. The smallest absolute Gasteiger partial charge is 0.253 e. The Morgan fingerprint density at radius 1 is 1.13 bits per heavy atom. The molecule has 3 heterocycles. The minimum absolute atomic E-state index is 0.00687. The number of amides is 2. The maximum atomic E-state index is 13.3. The van der Waals surface area contributed by atoms with Gasteiger partial charge >= 0.3 is 0 Å². The summed E-state index contributed by atoms with van der Waals surface area (Å²) in [6.45, 7) is 4.31. The quantitative estimate of drug-likeness (QED) is 0.456. The van der Waals surface area contributed by atoms with E-state index in [2.05, 4.69) is 57.8 Å². The number of benzene rings is 2. The molecule has 2 amide bonds. The summed E-state index contributed by atoms with van der Waals surface area (Å²) >= 11 is 6.48. The highest BCUT2D eigenvalue weighted by atomic mass is 35.5. The lowest BCUT2D eigenvalue weighted by atomic mass is 9.83. The van der Waals surface area contributed by atoms with E-state index in [9.17, 15) is 9.59 Å². The molecule has 1 aliphatic carbocycles. The summed E-state index contributed by atoms with van der Waals surface area (Å²) in [5.41, 5.74) is 4.41. The molecule has 7 nitrogen and oxygen atoms in total. The van der Waals surface area contributed by atoms with Gasteiger partial charge in [-0.15, -0.1) is 0 Å². The van der Waals surface area contributed by atoms with Gasteiger partial charge in [-0.05, 0) is 61.4 Å². The fourth-order valence-electron chi connectivity index (χ4n) is 5.79. The number of carbonyl (C=O) groups is 2. The van der Waals surface area contributed by atoms with E-state index in [4.69, 9.17) is 16.6 Å². The van der Waals surface area contributed by atoms with E-state index in [-0.39, 0.29) is 17.9 Å². The second-order valence-electron chi connectivity index (χ2n) is 10.6. The normalized spacial score (nSPS) is 22.8. The Hall–Kier alpha value is -3.71. The van der Waals surface area contributed by atoms with Gasteiger partial charge < -0.3 is 15.5 Å². The van der Waals surface area contributed by atoms with Gasteiger partial charge in [0.15, 0.2) is 0 Å². The standard InChI is InChI=1S/C30H30ClN5O2/c1-18-16-30(29(38)34-28(35-30)24-9-4-3-8-23(24)20-10-11-20)12-13-36(18)22-7-5-6-21(14-22)25-15-27(33-19(2)37)32-17-26(25)31/h3-9,14-15,17-18,20H,10-13,16H2,1-2H3,(H,32,33,37)(H,34,35,38)/t18-,30+/m0/s1. The summed E-state index contributed by atoms with van der Waals surface area (Å²) in [7, 11) is 0. The van der Waals surface area contributed by atoms with Crippen molar-refractivity contribution in [1.29, 1.82) is 0 Å². The summed E-state index contributed by atoms with van der Waals surface area (Å²) in [4.78, 5) is 36.4. The van der Waals surface area contributed by atoms with Gasteiger partial charge in [-0.3, -0.25) is 14.6 Å². The molecule has 2 N–H and O–H groups in total. The van der Waals surface area contributed by atoms with Gasteiger partial charge in [-0.25, -0.2) is 4.98 Å². The maximum absolute atomic E-state index is 13.3. The SMILES string of the molecule is CC(=O)Nc1cc(-c2cccc(N3CC[C@]4(C[C@@H]3C)N=C(c3ccccc3C3CC3)NC4=O)c2)c(Cl)cn1. The largest absolute Gasteiger partial charge is 0.369 e. The van der Waals surface area contributed by atoms with Gasteiger partial charge in [0.2, 0.25) is 5.91 Å². The Balaban J connectivity index is 1.25. The van der Waals surface area contributed by atoms with E-state index in [1.807, 2.05) is 18.2 Å². The van der Waals surface area contributed by atoms with Gasteiger partial charge in [-0.2, -0.15) is 0 Å². The van der Waals surface area contributed by atoms with Crippen LogP contribution in [0.5, 0.6) is 0 Å². The van der Waals surface area contributed by atoms with Crippen LogP contribution in [0.4, 0.5) is 11.5 Å². The van der Waals surface area contributed by atoms with Crippen LogP contribution >= 0.6 is 11.6 Å². The second kappa shape index (κ2) is 9.55. The van der Waals surface area contributed by atoms with Gasteiger partial charge in [0.1, 0.15) is 17.2 Å². The molecule has 1 saturated carbocycles. The zero-order valence-corrected chi connectivity index (χ0v) is 22.3. The summed E-state index contributed by atoms with van der Waals surface area (Å²) in [5, 5.41) is 6.36. The first-order chi connectivity index (χ1) is 18.3. The van der Waals surface area contributed by atoms with E-state index in [0.29, 0.717) is 36.1 Å². The van der Waals surface area contributed by atoms with Crippen molar-refractivity contribution in [3.63, 3.8) is 0 Å². The van der Waals surface area contributed by atoms with Crippen LogP contribution in [0, 0.1) is 0 Å². The number of hydrogen-bond acceptors (Lipinski definition) is 5. The summed E-state index contributed by atoms with van der Waals surface area (Å²) in [6, 6.07) is 18.4. The third-order valence-corrected chi connectivity index (χ3v) is 8.09. The highest BCUT2D eigenvalue weighted by Gasteiger charge is 2.48. The Kier molecular flexibility index (Phi) is 6.19. The summed E-state index contributed by atoms with van der Waals surface area (Å²) in [5.74, 6) is 1.58. The number of halogens is 1. The van der Waals surface area contributed by atoms with Crippen LogP contribution in [0.3, 0.4) is 0 Å². The topological polar surface area (TPSA) is 86.7 Å². The second-order valence-corrected chi connectivity index (χ2v) is 11.0. The first-order valence-corrected chi connectivity index (χ1v) is 13.5. The molecule has 0 unspecified atom stereocenters. The molecular formula is C30H30ClN5O2.